The van der Waals surface area contributed by atoms with Gasteiger partial charge in [-0.2, -0.15) is 0 Å². The van der Waals surface area contributed by atoms with E-state index in [0.29, 0.717) is 12.4 Å². The topological polar surface area (TPSA) is 77.5 Å². The van der Waals surface area contributed by atoms with Gasteiger partial charge in [-0.25, -0.2) is 13.9 Å². The van der Waals surface area contributed by atoms with Crippen LogP contribution in [0.25, 0.3) is 16.9 Å². The normalized spacial score (nSPS) is 13.2. The Morgan fingerprint density at radius 3 is 2.63 bits per heavy atom. The third-order valence-corrected chi connectivity index (χ3v) is 4.74. The van der Waals surface area contributed by atoms with E-state index in [1.807, 2.05) is 56.3 Å². The molecule has 30 heavy (non-hydrogen) atoms. The van der Waals surface area contributed by atoms with Gasteiger partial charge in [-0.1, -0.05) is 12.1 Å². The second-order valence-corrected chi connectivity index (χ2v) is 7.37. The van der Waals surface area contributed by atoms with E-state index < -0.39 is 0 Å². The molecule has 2 atom stereocenters. The summed E-state index contributed by atoms with van der Waals surface area (Å²) in [6.07, 6.45) is 1.79. The molecular weight excluding hydrogens is 381 g/mol. The first kappa shape index (κ1) is 19.8. The van der Waals surface area contributed by atoms with Crippen LogP contribution in [0.4, 0.5) is 10.2 Å². The lowest BCUT2D eigenvalue weighted by atomic mass is 10.1. The number of halogens is 1. The molecule has 0 saturated carbocycles. The highest BCUT2D eigenvalue weighted by atomic mass is 19.1. The van der Waals surface area contributed by atoms with E-state index in [4.69, 9.17) is 10.5 Å². The first-order valence-electron chi connectivity index (χ1n) is 9.85. The molecule has 154 valence electrons. The number of anilines is 1. The molecule has 0 radical (unpaired) electrons. The van der Waals surface area contributed by atoms with Crippen LogP contribution >= 0.6 is 0 Å². The minimum atomic E-state index is -0.255. The fourth-order valence-corrected chi connectivity index (χ4v) is 3.18. The SMILES string of the molecule is CC(N)COc1ccc(-c2cnc3ccc(N[C@H](C)c4cccc(F)c4)nn23)cc1. The Kier molecular flexibility index (Phi) is 5.63. The molecule has 0 saturated heterocycles. The van der Waals surface area contributed by atoms with E-state index in [1.54, 1.807) is 16.8 Å². The number of nitrogens with one attached hydrogen (secondary N) is 1. The van der Waals surface area contributed by atoms with Crippen LogP contribution in [0.5, 0.6) is 5.75 Å². The number of fused-ring (bicyclic) bond motifs is 1. The first-order valence-corrected chi connectivity index (χ1v) is 9.85. The number of aromatic nitrogens is 3. The molecule has 3 N–H and O–H groups in total. The van der Waals surface area contributed by atoms with Gasteiger partial charge >= 0.3 is 0 Å². The van der Waals surface area contributed by atoms with Gasteiger partial charge in [-0.05, 0) is 67.9 Å². The maximum absolute atomic E-state index is 13.5. The van der Waals surface area contributed by atoms with Gasteiger partial charge in [0.2, 0.25) is 0 Å². The molecule has 2 aromatic carbocycles. The molecule has 0 bridgehead atoms. The molecule has 2 aromatic heterocycles. The van der Waals surface area contributed by atoms with Crippen LogP contribution in [0.1, 0.15) is 25.5 Å². The Bertz CT molecular complexity index is 1140. The van der Waals surface area contributed by atoms with E-state index in [2.05, 4.69) is 15.4 Å². The summed E-state index contributed by atoms with van der Waals surface area (Å²) in [5.41, 5.74) is 9.16. The van der Waals surface area contributed by atoms with Crippen molar-refractivity contribution in [2.45, 2.75) is 25.9 Å². The van der Waals surface area contributed by atoms with Crippen molar-refractivity contribution in [1.29, 1.82) is 0 Å². The summed E-state index contributed by atoms with van der Waals surface area (Å²) >= 11 is 0. The highest BCUT2D eigenvalue weighted by Crippen LogP contribution is 2.25. The zero-order valence-corrected chi connectivity index (χ0v) is 16.9. The van der Waals surface area contributed by atoms with Crippen molar-refractivity contribution in [2.24, 2.45) is 5.73 Å². The van der Waals surface area contributed by atoms with E-state index in [9.17, 15) is 4.39 Å². The predicted molar refractivity (Wildman–Crippen MR) is 116 cm³/mol. The second-order valence-electron chi connectivity index (χ2n) is 7.37. The van der Waals surface area contributed by atoms with Gasteiger partial charge in [0.15, 0.2) is 5.65 Å². The average Bonchev–Trinajstić information content (AvgIpc) is 3.16. The molecule has 0 amide bonds. The van der Waals surface area contributed by atoms with Gasteiger partial charge in [0.1, 0.15) is 24.0 Å². The fourth-order valence-electron chi connectivity index (χ4n) is 3.18. The van der Waals surface area contributed by atoms with Crippen LogP contribution in [-0.2, 0) is 0 Å². The van der Waals surface area contributed by atoms with Crippen molar-refractivity contribution in [3.63, 3.8) is 0 Å². The number of hydrogen-bond acceptors (Lipinski definition) is 5. The Morgan fingerprint density at radius 2 is 1.90 bits per heavy atom. The number of imidazole rings is 1. The summed E-state index contributed by atoms with van der Waals surface area (Å²) in [6, 6.07) is 18.0. The van der Waals surface area contributed by atoms with Crippen LogP contribution in [0.3, 0.4) is 0 Å². The molecule has 0 spiro atoms. The maximum atomic E-state index is 13.5. The van der Waals surface area contributed by atoms with Crippen molar-refractivity contribution < 1.29 is 9.13 Å². The molecule has 0 aliphatic carbocycles. The Morgan fingerprint density at radius 1 is 1.10 bits per heavy atom. The number of ether oxygens (including phenoxy) is 1. The summed E-state index contributed by atoms with van der Waals surface area (Å²) in [5.74, 6) is 1.19. The Hall–Kier alpha value is -3.45. The standard InChI is InChI=1S/C23H24FN5O/c1-15(25)14-30-20-8-6-17(7-9-20)21-13-26-23-11-10-22(28-29(21)23)27-16(2)18-4-3-5-19(24)12-18/h3-13,15-16H,14,25H2,1-2H3,(H,27,28)/t15?,16-/m1/s1. The van der Waals surface area contributed by atoms with Gasteiger partial charge < -0.3 is 15.8 Å². The largest absolute Gasteiger partial charge is 0.492 e. The van der Waals surface area contributed by atoms with Crippen molar-refractivity contribution in [2.75, 3.05) is 11.9 Å². The summed E-state index contributed by atoms with van der Waals surface area (Å²) < 4.78 is 20.9. The molecule has 1 unspecified atom stereocenters. The molecular formula is C23H24FN5O. The number of nitrogens with zero attached hydrogens (tertiary/aromatic N) is 3. The zero-order valence-electron chi connectivity index (χ0n) is 16.9. The van der Waals surface area contributed by atoms with Crippen LogP contribution in [0.2, 0.25) is 0 Å². The minimum Gasteiger partial charge on any atom is -0.492 e. The molecule has 0 fully saturated rings. The molecule has 0 aliphatic rings. The summed E-state index contributed by atoms with van der Waals surface area (Å²) in [7, 11) is 0. The van der Waals surface area contributed by atoms with Crippen LogP contribution < -0.4 is 15.8 Å². The number of hydrogen-bond donors (Lipinski definition) is 2. The number of benzene rings is 2. The average molecular weight is 405 g/mol. The molecule has 7 heteroatoms. The summed E-state index contributed by atoms with van der Waals surface area (Å²) in [5, 5.41) is 8.01. The van der Waals surface area contributed by atoms with E-state index in [1.165, 1.54) is 12.1 Å². The molecule has 0 aliphatic heterocycles. The minimum absolute atomic E-state index is 0.0201. The van der Waals surface area contributed by atoms with Crippen LogP contribution in [0, 0.1) is 5.82 Å². The summed E-state index contributed by atoms with van der Waals surface area (Å²) in [6.45, 7) is 4.34. The van der Waals surface area contributed by atoms with Gasteiger partial charge in [-0.15, -0.1) is 5.10 Å². The highest BCUT2D eigenvalue weighted by molar-refractivity contribution is 5.64. The zero-order chi connectivity index (χ0) is 21.1. The van der Waals surface area contributed by atoms with E-state index in [0.717, 1.165) is 28.2 Å². The summed E-state index contributed by atoms with van der Waals surface area (Å²) in [4.78, 5) is 4.44. The van der Waals surface area contributed by atoms with Crippen molar-refractivity contribution in [3.05, 3.63) is 78.2 Å². The fraction of sp³-hybridized carbons (Fsp3) is 0.217. The maximum Gasteiger partial charge on any atom is 0.154 e. The first-order chi connectivity index (χ1) is 14.5. The predicted octanol–water partition coefficient (Wildman–Crippen LogP) is 4.43. The third kappa shape index (κ3) is 4.41. The van der Waals surface area contributed by atoms with E-state index >= 15 is 0 Å². The van der Waals surface area contributed by atoms with Crippen LogP contribution in [0.15, 0.2) is 66.9 Å². The Labute approximate surface area is 174 Å². The molecule has 4 aromatic rings. The highest BCUT2D eigenvalue weighted by Gasteiger charge is 2.11. The van der Waals surface area contributed by atoms with Gasteiger partial charge in [-0.3, -0.25) is 0 Å². The van der Waals surface area contributed by atoms with Crippen LogP contribution in [-0.4, -0.2) is 27.2 Å². The van der Waals surface area contributed by atoms with Gasteiger partial charge in [0.25, 0.3) is 0 Å². The molecule has 6 nitrogen and oxygen atoms in total. The van der Waals surface area contributed by atoms with E-state index in [-0.39, 0.29) is 17.9 Å². The lowest BCUT2D eigenvalue weighted by Crippen LogP contribution is -2.23. The van der Waals surface area contributed by atoms with Crippen molar-refractivity contribution in [3.8, 4) is 17.0 Å². The quantitative estimate of drug-likeness (QED) is 0.475. The monoisotopic (exact) mass is 405 g/mol. The second kappa shape index (κ2) is 8.51. The van der Waals surface area contributed by atoms with Gasteiger partial charge in [0.05, 0.1) is 17.9 Å². The number of rotatable bonds is 7. The van der Waals surface area contributed by atoms with Gasteiger partial charge in [0, 0.05) is 11.6 Å². The molecule has 2 heterocycles. The van der Waals surface area contributed by atoms with Crippen molar-refractivity contribution in [1.82, 2.24) is 14.6 Å². The smallest absolute Gasteiger partial charge is 0.154 e. The molecule has 4 rings (SSSR count). The lowest BCUT2D eigenvalue weighted by Gasteiger charge is -2.15. The number of nitrogens with two attached hydrogens (primary N) is 1. The lowest BCUT2D eigenvalue weighted by molar-refractivity contribution is 0.296. The van der Waals surface area contributed by atoms with Crippen molar-refractivity contribution >= 4 is 11.5 Å². The Balaban J connectivity index is 1.57. The third-order valence-electron chi connectivity index (χ3n) is 4.74.